The number of carbonyl (C=O) groups is 2. The average molecular weight is 258 g/mol. The Hall–Kier alpha value is -1.30. The van der Waals surface area contributed by atoms with Gasteiger partial charge in [0.15, 0.2) is 6.04 Å². The van der Waals surface area contributed by atoms with Crippen LogP contribution in [0.3, 0.4) is 0 Å². The number of carboxylic acid groups (broad SMARTS) is 1. The number of aliphatic hydroxyl groups excluding tert-OH is 1. The van der Waals surface area contributed by atoms with Gasteiger partial charge < -0.3 is 20.4 Å². The van der Waals surface area contributed by atoms with Crippen LogP contribution in [0.5, 0.6) is 0 Å². The molecule has 1 fully saturated rings. The highest BCUT2D eigenvalue weighted by Gasteiger charge is 2.28. The molecule has 2 amide bonds. The molecule has 0 aromatic rings. The zero-order chi connectivity index (χ0) is 13.7. The number of nitrogens with one attached hydrogen (secondary N) is 1. The first-order valence-corrected chi connectivity index (χ1v) is 6.42. The van der Waals surface area contributed by atoms with Crippen LogP contribution in [-0.4, -0.2) is 52.3 Å². The average Bonchev–Trinajstić information content (AvgIpc) is 2.23. The van der Waals surface area contributed by atoms with Gasteiger partial charge in [0, 0.05) is 13.1 Å². The lowest BCUT2D eigenvalue weighted by molar-refractivity contribution is -0.141. The van der Waals surface area contributed by atoms with Crippen LogP contribution in [0.15, 0.2) is 0 Å². The molecule has 1 aliphatic rings. The van der Waals surface area contributed by atoms with Crippen LogP contribution in [0.25, 0.3) is 0 Å². The second-order valence-electron chi connectivity index (χ2n) is 4.84. The molecule has 6 heteroatoms. The van der Waals surface area contributed by atoms with E-state index in [0.717, 1.165) is 12.8 Å². The van der Waals surface area contributed by atoms with Crippen LogP contribution in [0.1, 0.15) is 33.1 Å². The summed E-state index contributed by atoms with van der Waals surface area (Å²) in [6.45, 7) is 4.40. The van der Waals surface area contributed by atoms with Gasteiger partial charge in [-0.1, -0.05) is 6.42 Å². The Morgan fingerprint density at radius 1 is 1.44 bits per heavy atom. The van der Waals surface area contributed by atoms with Crippen molar-refractivity contribution in [2.75, 3.05) is 13.1 Å². The number of nitrogens with zero attached hydrogens (tertiary/aromatic N) is 1. The van der Waals surface area contributed by atoms with Gasteiger partial charge in [0.2, 0.25) is 0 Å². The Labute approximate surface area is 107 Å². The Balaban J connectivity index is 2.51. The highest BCUT2D eigenvalue weighted by Crippen LogP contribution is 2.27. The molecule has 0 bridgehead atoms. The van der Waals surface area contributed by atoms with E-state index in [1.165, 1.54) is 13.3 Å². The summed E-state index contributed by atoms with van der Waals surface area (Å²) in [5.74, 6) is -0.691. The van der Waals surface area contributed by atoms with Crippen molar-refractivity contribution in [2.24, 2.45) is 5.92 Å². The first-order valence-electron chi connectivity index (χ1n) is 6.42. The number of urea groups is 1. The summed E-state index contributed by atoms with van der Waals surface area (Å²) in [5, 5.41) is 20.6. The zero-order valence-corrected chi connectivity index (χ0v) is 10.9. The molecule has 1 aliphatic carbocycles. The number of rotatable bonds is 6. The lowest BCUT2D eigenvalue weighted by Gasteiger charge is -2.32. The fourth-order valence-electron chi connectivity index (χ4n) is 1.96. The van der Waals surface area contributed by atoms with E-state index in [-0.39, 0.29) is 0 Å². The molecule has 0 aliphatic heterocycles. The predicted octanol–water partition coefficient (Wildman–Crippen LogP) is 0.652. The van der Waals surface area contributed by atoms with E-state index in [9.17, 15) is 14.7 Å². The Morgan fingerprint density at radius 3 is 2.39 bits per heavy atom. The molecule has 0 spiro atoms. The maximum Gasteiger partial charge on any atom is 0.328 e. The topological polar surface area (TPSA) is 89.9 Å². The van der Waals surface area contributed by atoms with E-state index in [1.54, 1.807) is 4.90 Å². The van der Waals surface area contributed by atoms with Crippen molar-refractivity contribution >= 4 is 12.0 Å². The van der Waals surface area contributed by atoms with E-state index < -0.39 is 24.1 Å². The maximum atomic E-state index is 11.9. The molecule has 0 aromatic heterocycles. The van der Waals surface area contributed by atoms with Gasteiger partial charge in [-0.25, -0.2) is 9.59 Å². The molecular weight excluding hydrogens is 236 g/mol. The Bertz CT molecular complexity index is 302. The van der Waals surface area contributed by atoms with Crippen LogP contribution < -0.4 is 5.32 Å². The molecule has 0 aromatic carbocycles. The van der Waals surface area contributed by atoms with Crippen molar-refractivity contribution in [2.45, 2.75) is 45.3 Å². The molecule has 0 heterocycles. The summed E-state index contributed by atoms with van der Waals surface area (Å²) in [5.41, 5.74) is 0. The van der Waals surface area contributed by atoms with Gasteiger partial charge in [0.05, 0.1) is 6.10 Å². The van der Waals surface area contributed by atoms with Crippen molar-refractivity contribution in [3.63, 3.8) is 0 Å². The van der Waals surface area contributed by atoms with Gasteiger partial charge >= 0.3 is 12.0 Å². The fourth-order valence-corrected chi connectivity index (χ4v) is 1.96. The molecule has 18 heavy (non-hydrogen) atoms. The highest BCUT2D eigenvalue weighted by molar-refractivity contribution is 5.83. The van der Waals surface area contributed by atoms with Gasteiger partial charge in [0.1, 0.15) is 0 Å². The number of hydrogen-bond acceptors (Lipinski definition) is 3. The quantitative estimate of drug-likeness (QED) is 0.652. The third-order valence-electron chi connectivity index (χ3n) is 3.40. The summed E-state index contributed by atoms with van der Waals surface area (Å²) in [7, 11) is 0. The third kappa shape index (κ3) is 3.87. The molecule has 1 saturated carbocycles. The van der Waals surface area contributed by atoms with Gasteiger partial charge in [-0.2, -0.15) is 0 Å². The van der Waals surface area contributed by atoms with E-state index in [1.807, 2.05) is 6.92 Å². The van der Waals surface area contributed by atoms with Gasteiger partial charge in [-0.05, 0) is 32.6 Å². The third-order valence-corrected chi connectivity index (χ3v) is 3.40. The van der Waals surface area contributed by atoms with Crippen molar-refractivity contribution in [1.29, 1.82) is 0 Å². The van der Waals surface area contributed by atoms with E-state index in [0.29, 0.717) is 19.0 Å². The lowest BCUT2D eigenvalue weighted by atomic mass is 9.85. The smallest absolute Gasteiger partial charge is 0.328 e. The van der Waals surface area contributed by atoms with Crippen molar-refractivity contribution in [1.82, 2.24) is 10.2 Å². The molecule has 2 unspecified atom stereocenters. The molecule has 0 saturated heterocycles. The van der Waals surface area contributed by atoms with Crippen molar-refractivity contribution in [3.05, 3.63) is 0 Å². The molecule has 2 atom stereocenters. The summed E-state index contributed by atoms with van der Waals surface area (Å²) in [4.78, 5) is 24.4. The van der Waals surface area contributed by atoms with Crippen LogP contribution in [0, 0.1) is 5.92 Å². The van der Waals surface area contributed by atoms with Crippen molar-refractivity contribution < 1.29 is 19.8 Å². The summed E-state index contributed by atoms with van der Waals surface area (Å²) < 4.78 is 0. The molecule has 0 radical (unpaired) electrons. The van der Waals surface area contributed by atoms with Gasteiger partial charge in [-0.15, -0.1) is 0 Å². The highest BCUT2D eigenvalue weighted by atomic mass is 16.4. The lowest BCUT2D eigenvalue weighted by Crippen LogP contribution is -2.53. The SMILES string of the molecule is CCN(CC1CCC1)C(=O)NC(C(=O)O)C(C)O. The van der Waals surface area contributed by atoms with Gasteiger partial charge in [0.25, 0.3) is 0 Å². The second kappa shape index (κ2) is 6.58. The monoisotopic (exact) mass is 258 g/mol. The van der Waals surface area contributed by atoms with Crippen LogP contribution in [0.2, 0.25) is 0 Å². The maximum absolute atomic E-state index is 11.9. The number of aliphatic carboxylic acids is 1. The van der Waals surface area contributed by atoms with Crippen LogP contribution >= 0.6 is 0 Å². The molecule has 104 valence electrons. The van der Waals surface area contributed by atoms with Gasteiger partial charge in [-0.3, -0.25) is 0 Å². The first kappa shape index (κ1) is 14.8. The minimum Gasteiger partial charge on any atom is -0.480 e. The summed E-state index contributed by atoms with van der Waals surface area (Å²) >= 11 is 0. The predicted molar refractivity (Wildman–Crippen MR) is 66.2 cm³/mol. The van der Waals surface area contributed by atoms with Crippen LogP contribution in [-0.2, 0) is 4.79 Å². The Morgan fingerprint density at radius 2 is 2.06 bits per heavy atom. The normalized spacial score (nSPS) is 18.6. The number of carboxylic acids is 1. The fraction of sp³-hybridized carbons (Fsp3) is 0.833. The summed E-state index contributed by atoms with van der Waals surface area (Å²) in [6, 6.07) is -1.68. The first-order chi connectivity index (χ1) is 8.45. The number of hydrogen-bond donors (Lipinski definition) is 3. The number of aliphatic hydroxyl groups is 1. The Kier molecular flexibility index (Phi) is 5.40. The molecule has 3 N–H and O–H groups in total. The summed E-state index contributed by atoms with van der Waals surface area (Å²) in [6.07, 6.45) is 2.34. The second-order valence-corrected chi connectivity index (χ2v) is 4.84. The van der Waals surface area contributed by atoms with E-state index >= 15 is 0 Å². The standard InChI is InChI=1S/C12H22N2O4/c1-3-14(7-9-5-4-6-9)12(18)13-10(8(2)15)11(16)17/h8-10,15H,3-7H2,1-2H3,(H,13,18)(H,16,17). The molecule has 6 nitrogen and oxygen atoms in total. The molecule has 1 rings (SSSR count). The van der Waals surface area contributed by atoms with Crippen LogP contribution in [0.4, 0.5) is 4.79 Å². The van der Waals surface area contributed by atoms with E-state index in [2.05, 4.69) is 5.32 Å². The minimum atomic E-state index is -1.26. The van der Waals surface area contributed by atoms with Crippen molar-refractivity contribution in [3.8, 4) is 0 Å². The van der Waals surface area contributed by atoms with E-state index in [4.69, 9.17) is 5.11 Å². The molecular formula is C12H22N2O4. The zero-order valence-electron chi connectivity index (χ0n) is 10.9. The largest absolute Gasteiger partial charge is 0.480 e. The minimum absolute atomic E-state index is 0.419. The number of amides is 2. The number of carbonyl (C=O) groups excluding carboxylic acids is 1.